The van der Waals surface area contributed by atoms with E-state index in [9.17, 15) is 0 Å². The molecule has 0 amide bonds. The van der Waals surface area contributed by atoms with Gasteiger partial charge in [-0.1, -0.05) is 13.2 Å². The molecule has 0 atom stereocenters. The molecule has 0 spiro atoms. The van der Waals surface area contributed by atoms with Crippen LogP contribution in [0.15, 0.2) is 43.2 Å². The monoisotopic (exact) mass is 206 g/mol. The second kappa shape index (κ2) is 6.06. The van der Waals surface area contributed by atoms with Crippen LogP contribution >= 0.6 is 0 Å². The van der Waals surface area contributed by atoms with Crippen LogP contribution in [-0.4, -0.2) is 16.2 Å². The number of unbranched alkanes of at least 4 members (excludes halogenated alkanes) is 1. The lowest BCUT2D eigenvalue weighted by Gasteiger charge is -2.08. The van der Waals surface area contributed by atoms with Crippen molar-refractivity contribution in [3.05, 3.63) is 43.2 Å². The number of aromatic nitrogens is 2. The Balaban J connectivity index is 2.03. The Morgan fingerprint density at radius 1 is 1.40 bits per heavy atom. The SMILES string of the molecule is C=C(C)C(=C)OCCCCn1ccnc1. The summed E-state index contributed by atoms with van der Waals surface area (Å²) < 4.78 is 7.47. The van der Waals surface area contributed by atoms with Crippen LogP contribution in [0.2, 0.25) is 0 Å². The van der Waals surface area contributed by atoms with E-state index < -0.39 is 0 Å². The zero-order chi connectivity index (χ0) is 11.1. The van der Waals surface area contributed by atoms with Crippen LogP contribution in [0, 0.1) is 0 Å². The van der Waals surface area contributed by atoms with Gasteiger partial charge in [0.1, 0.15) is 5.76 Å². The molecule has 0 aliphatic carbocycles. The normalized spacial score (nSPS) is 9.93. The van der Waals surface area contributed by atoms with Gasteiger partial charge in [0, 0.05) is 18.9 Å². The molecule has 82 valence electrons. The van der Waals surface area contributed by atoms with E-state index in [1.807, 2.05) is 19.4 Å². The lowest BCUT2D eigenvalue weighted by atomic mass is 10.3. The van der Waals surface area contributed by atoms with Crippen LogP contribution < -0.4 is 0 Å². The van der Waals surface area contributed by atoms with Crippen molar-refractivity contribution < 1.29 is 4.74 Å². The lowest BCUT2D eigenvalue weighted by molar-refractivity contribution is 0.213. The Labute approximate surface area is 91.1 Å². The molecule has 1 heterocycles. The molecule has 1 aromatic heterocycles. The van der Waals surface area contributed by atoms with Crippen molar-refractivity contribution in [1.82, 2.24) is 9.55 Å². The van der Waals surface area contributed by atoms with Crippen molar-refractivity contribution in [2.45, 2.75) is 26.3 Å². The second-order valence-corrected chi connectivity index (χ2v) is 3.56. The maximum atomic E-state index is 5.40. The summed E-state index contributed by atoms with van der Waals surface area (Å²) in [6, 6.07) is 0. The van der Waals surface area contributed by atoms with Gasteiger partial charge < -0.3 is 9.30 Å². The van der Waals surface area contributed by atoms with Gasteiger partial charge in [0.05, 0.1) is 12.9 Å². The molecular weight excluding hydrogens is 188 g/mol. The number of imidazole rings is 1. The molecule has 3 nitrogen and oxygen atoms in total. The van der Waals surface area contributed by atoms with Gasteiger partial charge in [-0.2, -0.15) is 0 Å². The van der Waals surface area contributed by atoms with E-state index in [2.05, 4.69) is 22.7 Å². The first-order valence-corrected chi connectivity index (χ1v) is 5.13. The van der Waals surface area contributed by atoms with Crippen molar-refractivity contribution in [2.24, 2.45) is 0 Å². The minimum Gasteiger partial charge on any atom is -0.494 e. The second-order valence-electron chi connectivity index (χ2n) is 3.56. The summed E-state index contributed by atoms with van der Waals surface area (Å²) in [5.41, 5.74) is 0.893. The van der Waals surface area contributed by atoms with Crippen molar-refractivity contribution in [1.29, 1.82) is 0 Å². The molecule has 0 saturated heterocycles. The molecular formula is C12H18N2O. The number of hydrogen-bond donors (Lipinski definition) is 0. The zero-order valence-electron chi connectivity index (χ0n) is 9.28. The topological polar surface area (TPSA) is 27.1 Å². The molecule has 15 heavy (non-hydrogen) atoms. The molecule has 0 bridgehead atoms. The Kier molecular flexibility index (Phi) is 4.68. The standard InChI is InChI=1S/C12H18N2O/c1-11(2)12(3)15-9-5-4-7-14-8-6-13-10-14/h6,8,10H,1,3-5,7,9H2,2H3. The fourth-order valence-corrected chi connectivity index (χ4v) is 1.13. The van der Waals surface area contributed by atoms with Crippen LogP contribution in [-0.2, 0) is 11.3 Å². The van der Waals surface area contributed by atoms with Crippen LogP contribution in [0.1, 0.15) is 19.8 Å². The summed E-state index contributed by atoms with van der Waals surface area (Å²) in [4.78, 5) is 3.98. The molecule has 0 aromatic carbocycles. The Hall–Kier alpha value is -1.51. The van der Waals surface area contributed by atoms with E-state index >= 15 is 0 Å². The maximum Gasteiger partial charge on any atom is 0.114 e. The van der Waals surface area contributed by atoms with Crippen LogP contribution in [0.4, 0.5) is 0 Å². The highest BCUT2D eigenvalue weighted by atomic mass is 16.5. The van der Waals surface area contributed by atoms with E-state index in [4.69, 9.17) is 4.74 Å². The number of ether oxygens (including phenoxy) is 1. The predicted octanol–water partition coefficient (Wildman–Crippen LogP) is 2.77. The minimum atomic E-state index is 0.692. The summed E-state index contributed by atoms with van der Waals surface area (Å²) in [7, 11) is 0. The van der Waals surface area contributed by atoms with Crippen molar-refractivity contribution in [2.75, 3.05) is 6.61 Å². The van der Waals surface area contributed by atoms with Gasteiger partial charge in [-0.3, -0.25) is 0 Å². The van der Waals surface area contributed by atoms with E-state index in [-0.39, 0.29) is 0 Å². The van der Waals surface area contributed by atoms with Gasteiger partial charge in [-0.25, -0.2) is 4.98 Å². The molecule has 0 N–H and O–H groups in total. The molecule has 1 rings (SSSR count). The first-order chi connectivity index (χ1) is 7.20. The Morgan fingerprint density at radius 2 is 2.20 bits per heavy atom. The molecule has 0 aliphatic rings. The fourth-order valence-electron chi connectivity index (χ4n) is 1.13. The highest BCUT2D eigenvalue weighted by Gasteiger charge is 1.95. The zero-order valence-corrected chi connectivity index (χ0v) is 9.28. The smallest absolute Gasteiger partial charge is 0.114 e. The van der Waals surface area contributed by atoms with E-state index in [1.54, 1.807) is 6.20 Å². The molecule has 3 heteroatoms. The third-order valence-electron chi connectivity index (χ3n) is 2.12. The van der Waals surface area contributed by atoms with E-state index in [1.165, 1.54) is 0 Å². The van der Waals surface area contributed by atoms with Crippen LogP contribution in [0.5, 0.6) is 0 Å². The fraction of sp³-hybridized carbons (Fsp3) is 0.417. The summed E-state index contributed by atoms with van der Waals surface area (Å²) >= 11 is 0. The molecule has 0 unspecified atom stereocenters. The van der Waals surface area contributed by atoms with Gasteiger partial charge >= 0.3 is 0 Å². The third-order valence-corrected chi connectivity index (χ3v) is 2.12. The Bertz CT molecular complexity index is 314. The Morgan fingerprint density at radius 3 is 2.80 bits per heavy atom. The van der Waals surface area contributed by atoms with E-state index in [0.717, 1.165) is 25.0 Å². The highest BCUT2D eigenvalue weighted by molar-refractivity contribution is 5.15. The largest absolute Gasteiger partial charge is 0.494 e. The van der Waals surface area contributed by atoms with Crippen LogP contribution in [0.25, 0.3) is 0 Å². The van der Waals surface area contributed by atoms with Crippen LogP contribution in [0.3, 0.4) is 0 Å². The summed E-state index contributed by atoms with van der Waals surface area (Å²) in [5, 5.41) is 0. The maximum absolute atomic E-state index is 5.40. The summed E-state index contributed by atoms with van der Waals surface area (Å²) in [6.07, 6.45) is 7.69. The summed E-state index contributed by atoms with van der Waals surface area (Å²) in [5.74, 6) is 0.692. The molecule has 0 aliphatic heterocycles. The van der Waals surface area contributed by atoms with Gasteiger partial charge in [-0.05, 0) is 25.3 Å². The molecule has 0 fully saturated rings. The first kappa shape index (κ1) is 11.6. The number of aryl methyl sites for hydroxylation is 1. The third kappa shape index (κ3) is 4.49. The van der Waals surface area contributed by atoms with Crippen molar-refractivity contribution in [3.8, 4) is 0 Å². The van der Waals surface area contributed by atoms with Gasteiger partial charge in [0.2, 0.25) is 0 Å². The lowest BCUT2D eigenvalue weighted by Crippen LogP contribution is -1.99. The van der Waals surface area contributed by atoms with Gasteiger partial charge in [0.25, 0.3) is 0 Å². The molecule has 1 aromatic rings. The quantitative estimate of drug-likeness (QED) is 0.389. The van der Waals surface area contributed by atoms with Gasteiger partial charge in [0.15, 0.2) is 0 Å². The van der Waals surface area contributed by atoms with Crippen molar-refractivity contribution >= 4 is 0 Å². The first-order valence-electron chi connectivity index (χ1n) is 5.13. The number of rotatable bonds is 7. The average molecular weight is 206 g/mol. The summed E-state index contributed by atoms with van der Waals surface area (Å²) in [6.45, 7) is 11.1. The predicted molar refractivity (Wildman–Crippen MR) is 61.4 cm³/mol. The molecule has 0 radical (unpaired) electrons. The number of hydrogen-bond acceptors (Lipinski definition) is 2. The van der Waals surface area contributed by atoms with Crippen molar-refractivity contribution in [3.63, 3.8) is 0 Å². The average Bonchev–Trinajstić information content (AvgIpc) is 2.69. The number of nitrogens with zero attached hydrogens (tertiary/aromatic N) is 2. The number of allylic oxidation sites excluding steroid dienone is 1. The molecule has 0 saturated carbocycles. The van der Waals surface area contributed by atoms with E-state index in [0.29, 0.717) is 12.4 Å². The minimum absolute atomic E-state index is 0.692. The highest BCUT2D eigenvalue weighted by Crippen LogP contribution is 2.06. The van der Waals surface area contributed by atoms with Gasteiger partial charge in [-0.15, -0.1) is 0 Å².